The number of carbonyl (C=O) groups excluding carboxylic acids is 2. The lowest BCUT2D eigenvalue weighted by molar-refractivity contribution is 0.0746. The first-order valence-electron chi connectivity index (χ1n) is 8.06. The van der Waals surface area contributed by atoms with Crippen molar-refractivity contribution in [2.24, 2.45) is 0 Å². The molecule has 0 saturated carbocycles. The molecule has 0 radical (unpaired) electrons. The van der Waals surface area contributed by atoms with Crippen LogP contribution < -0.4 is 4.90 Å². The van der Waals surface area contributed by atoms with Crippen molar-refractivity contribution < 1.29 is 14.0 Å². The second-order valence-corrected chi connectivity index (χ2v) is 7.26. The lowest BCUT2D eigenvalue weighted by Gasteiger charge is -2.36. The van der Waals surface area contributed by atoms with Crippen molar-refractivity contribution >= 4 is 40.0 Å². The summed E-state index contributed by atoms with van der Waals surface area (Å²) in [5, 5.41) is 0. The van der Waals surface area contributed by atoms with Gasteiger partial charge in [-0.1, -0.05) is 6.07 Å². The third-order valence-electron chi connectivity index (χ3n) is 4.33. The average molecular weight is 452 g/mol. The Labute approximate surface area is 159 Å². The lowest BCUT2D eigenvalue weighted by atomic mass is 10.1. The van der Waals surface area contributed by atoms with Crippen LogP contribution in [0, 0.1) is 9.39 Å². The molecule has 0 spiro atoms. The predicted molar refractivity (Wildman–Crippen MR) is 104 cm³/mol. The van der Waals surface area contributed by atoms with Crippen molar-refractivity contribution in [1.29, 1.82) is 0 Å². The SMILES string of the molecule is CC(=O)c1ccc(N2CCN(C(=O)c3cccc(I)c3)CC2)c(F)c1. The van der Waals surface area contributed by atoms with E-state index >= 15 is 0 Å². The van der Waals surface area contributed by atoms with Gasteiger partial charge in [-0.25, -0.2) is 4.39 Å². The number of anilines is 1. The van der Waals surface area contributed by atoms with Gasteiger partial charge in [0.25, 0.3) is 5.91 Å². The first-order chi connectivity index (χ1) is 12.0. The average Bonchev–Trinajstić information content (AvgIpc) is 2.61. The summed E-state index contributed by atoms with van der Waals surface area (Å²) >= 11 is 2.19. The molecule has 1 amide bonds. The molecule has 0 unspecified atom stereocenters. The highest BCUT2D eigenvalue weighted by atomic mass is 127. The summed E-state index contributed by atoms with van der Waals surface area (Å²) in [5.74, 6) is -0.547. The van der Waals surface area contributed by atoms with Crippen LogP contribution >= 0.6 is 22.6 Å². The molecule has 2 aromatic carbocycles. The fourth-order valence-corrected chi connectivity index (χ4v) is 3.48. The Hall–Kier alpha value is -1.96. The maximum atomic E-state index is 14.3. The summed E-state index contributed by atoms with van der Waals surface area (Å²) in [7, 11) is 0. The Morgan fingerprint density at radius 2 is 1.72 bits per heavy atom. The maximum absolute atomic E-state index is 14.3. The van der Waals surface area contributed by atoms with Crippen LogP contribution in [0.2, 0.25) is 0 Å². The van der Waals surface area contributed by atoms with Crippen molar-refractivity contribution in [1.82, 2.24) is 4.90 Å². The summed E-state index contributed by atoms with van der Waals surface area (Å²) in [6, 6.07) is 12.1. The molecule has 6 heteroatoms. The van der Waals surface area contributed by atoms with Gasteiger partial charge in [-0.2, -0.15) is 0 Å². The van der Waals surface area contributed by atoms with Gasteiger partial charge in [-0.05, 0) is 65.9 Å². The van der Waals surface area contributed by atoms with E-state index in [-0.39, 0.29) is 11.7 Å². The summed E-state index contributed by atoms with van der Waals surface area (Å²) in [6.45, 7) is 3.62. The molecule has 1 aliphatic rings. The van der Waals surface area contributed by atoms with E-state index in [0.717, 1.165) is 3.57 Å². The van der Waals surface area contributed by atoms with Crippen molar-refractivity contribution in [3.63, 3.8) is 0 Å². The van der Waals surface area contributed by atoms with E-state index in [0.29, 0.717) is 43.0 Å². The topological polar surface area (TPSA) is 40.6 Å². The van der Waals surface area contributed by atoms with Crippen LogP contribution in [-0.2, 0) is 0 Å². The standard InChI is InChI=1S/C19H18FIN2O2/c1-13(24)14-5-6-18(17(20)12-14)22-7-9-23(10-8-22)19(25)15-3-2-4-16(21)11-15/h2-6,11-12H,7-10H2,1H3. The molecule has 1 aliphatic heterocycles. The number of hydrogen-bond acceptors (Lipinski definition) is 3. The zero-order valence-corrected chi connectivity index (χ0v) is 16.0. The molecule has 0 aromatic heterocycles. The number of rotatable bonds is 3. The van der Waals surface area contributed by atoms with Crippen molar-refractivity contribution in [3.8, 4) is 0 Å². The van der Waals surface area contributed by atoms with Gasteiger partial charge >= 0.3 is 0 Å². The molecular weight excluding hydrogens is 434 g/mol. The molecule has 25 heavy (non-hydrogen) atoms. The molecule has 1 heterocycles. The monoisotopic (exact) mass is 452 g/mol. The van der Waals surface area contributed by atoms with Crippen LogP contribution in [-0.4, -0.2) is 42.8 Å². The van der Waals surface area contributed by atoms with Crippen LogP contribution in [0.5, 0.6) is 0 Å². The normalized spacial score (nSPS) is 14.5. The Morgan fingerprint density at radius 3 is 2.32 bits per heavy atom. The Morgan fingerprint density at radius 1 is 1.00 bits per heavy atom. The summed E-state index contributed by atoms with van der Waals surface area (Å²) in [5.41, 5.74) is 1.53. The summed E-state index contributed by atoms with van der Waals surface area (Å²) in [6.07, 6.45) is 0. The maximum Gasteiger partial charge on any atom is 0.254 e. The van der Waals surface area contributed by atoms with Gasteiger partial charge in [0.2, 0.25) is 0 Å². The van der Waals surface area contributed by atoms with Gasteiger partial charge in [0.15, 0.2) is 5.78 Å². The molecule has 130 valence electrons. The van der Waals surface area contributed by atoms with Gasteiger partial charge < -0.3 is 9.80 Å². The van der Waals surface area contributed by atoms with E-state index in [9.17, 15) is 14.0 Å². The number of ketones is 1. The zero-order valence-electron chi connectivity index (χ0n) is 13.8. The van der Waals surface area contributed by atoms with Gasteiger partial charge in [0.05, 0.1) is 5.69 Å². The zero-order chi connectivity index (χ0) is 18.0. The van der Waals surface area contributed by atoms with Crippen LogP contribution in [0.1, 0.15) is 27.6 Å². The van der Waals surface area contributed by atoms with E-state index in [2.05, 4.69) is 22.6 Å². The first-order valence-corrected chi connectivity index (χ1v) is 9.14. The molecule has 0 atom stereocenters. The van der Waals surface area contributed by atoms with Gasteiger partial charge in [0.1, 0.15) is 5.82 Å². The fourth-order valence-electron chi connectivity index (χ4n) is 2.94. The van der Waals surface area contributed by atoms with E-state index in [1.54, 1.807) is 17.0 Å². The predicted octanol–water partition coefficient (Wildman–Crippen LogP) is 3.60. The van der Waals surface area contributed by atoms with Gasteiger partial charge in [0, 0.05) is 40.9 Å². The van der Waals surface area contributed by atoms with E-state index in [1.165, 1.54) is 13.0 Å². The first kappa shape index (κ1) is 17.8. The van der Waals surface area contributed by atoms with E-state index < -0.39 is 5.82 Å². The third-order valence-corrected chi connectivity index (χ3v) is 5.00. The molecule has 4 nitrogen and oxygen atoms in total. The van der Waals surface area contributed by atoms with Crippen molar-refractivity contribution in [2.75, 3.05) is 31.1 Å². The van der Waals surface area contributed by atoms with E-state index in [1.807, 2.05) is 29.2 Å². The Bertz CT molecular complexity index is 817. The number of Topliss-reactive ketones (excluding diaryl/α,β-unsaturated/α-hetero) is 1. The Kier molecular flexibility index (Phi) is 5.36. The molecule has 1 saturated heterocycles. The Balaban J connectivity index is 1.68. The number of hydrogen-bond donors (Lipinski definition) is 0. The van der Waals surface area contributed by atoms with E-state index in [4.69, 9.17) is 0 Å². The van der Waals surface area contributed by atoms with Crippen LogP contribution in [0.25, 0.3) is 0 Å². The smallest absolute Gasteiger partial charge is 0.254 e. The minimum absolute atomic E-state index is 0.00515. The molecule has 2 aromatic rings. The number of nitrogens with zero attached hydrogens (tertiary/aromatic N) is 2. The van der Waals surface area contributed by atoms with Crippen molar-refractivity contribution in [3.05, 3.63) is 63.0 Å². The largest absolute Gasteiger partial charge is 0.366 e. The summed E-state index contributed by atoms with van der Waals surface area (Å²) in [4.78, 5) is 27.6. The van der Waals surface area contributed by atoms with Gasteiger partial charge in [-0.15, -0.1) is 0 Å². The summed E-state index contributed by atoms with van der Waals surface area (Å²) < 4.78 is 15.3. The number of carbonyl (C=O) groups is 2. The second kappa shape index (κ2) is 7.51. The number of halogens is 2. The fraction of sp³-hybridized carbons (Fsp3) is 0.263. The number of amides is 1. The van der Waals surface area contributed by atoms with Crippen LogP contribution in [0.15, 0.2) is 42.5 Å². The van der Waals surface area contributed by atoms with Crippen LogP contribution in [0.4, 0.5) is 10.1 Å². The van der Waals surface area contributed by atoms with Crippen LogP contribution in [0.3, 0.4) is 0 Å². The highest BCUT2D eigenvalue weighted by Crippen LogP contribution is 2.23. The van der Waals surface area contributed by atoms with Gasteiger partial charge in [-0.3, -0.25) is 9.59 Å². The minimum Gasteiger partial charge on any atom is -0.366 e. The lowest BCUT2D eigenvalue weighted by Crippen LogP contribution is -2.49. The molecule has 1 fully saturated rings. The molecule has 3 rings (SSSR count). The molecular formula is C19H18FIN2O2. The number of piperazine rings is 1. The molecule has 0 aliphatic carbocycles. The highest BCUT2D eigenvalue weighted by Gasteiger charge is 2.24. The second-order valence-electron chi connectivity index (χ2n) is 6.01. The third kappa shape index (κ3) is 4.00. The number of benzene rings is 2. The molecule has 0 N–H and O–H groups in total. The highest BCUT2D eigenvalue weighted by molar-refractivity contribution is 14.1. The van der Waals surface area contributed by atoms with Crippen molar-refractivity contribution in [2.45, 2.75) is 6.92 Å². The quantitative estimate of drug-likeness (QED) is 0.528. The minimum atomic E-state index is -0.398. The molecule has 0 bridgehead atoms.